The van der Waals surface area contributed by atoms with Crippen molar-refractivity contribution in [1.82, 2.24) is 4.90 Å². The first kappa shape index (κ1) is 23.8. The second-order valence-electron chi connectivity index (χ2n) is 7.10. The maximum absolute atomic E-state index is 13.6. The molecule has 2 aromatic carbocycles. The molecule has 162 valence electrons. The number of para-hydroxylation sites is 1. The van der Waals surface area contributed by atoms with Gasteiger partial charge in [-0.05, 0) is 43.9 Å². The Balaban J connectivity index is 0.00000320. The lowest BCUT2D eigenvalue weighted by molar-refractivity contribution is -0.152. The lowest BCUT2D eigenvalue weighted by Gasteiger charge is -2.28. The highest BCUT2D eigenvalue weighted by Gasteiger charge is 2.40. The van der Waals surface area contributed by atoms with Gasteiger partial charge in [0, 0.05) is 24.9 Å². The Morgan fingerprint density at radius 3 is 2.40 bits per heavy atom. The average molecular weight is 431 g/mol. The monoisotopic (exact) mass is 430 g/mol. The minimum absolute atomic E-state index is 0. The second kappa shape index (κ2) is 10.5. The van der Waals surface area contributed by atoms with E-state index in [1.165, 1.54) is 6.92 Å². The first-order valence-electron chi connectivity index (χ1n) is 9.43. The quantitative estimate of drug-likeness (QED) is 0.646. The van der Waals surface area contributed by atoms with Gasteiger partial charge in [0.15, 0.2) is 6.10 Å². The lowest BCUT2D eigenvalue weighted by atomic mass is 10.1. The van der Waals surface area contributed by atoms with E-state index >= 15 is 0 Å². The number of benzene rings is 2. The molecule has 0 bridgehead atoms. The fraction of sp³-hybridized carbons (Fsp3) is 0.391. The number of likely N-dealkylation sites (N-methyl/N-ethyl adjacent to an activating group) is 1. The molecule has 1 amide bonds. The minimum atomic E-state index is -0.916. The zero-order valence-corrected chi connectivity index (χ0v) is 17.9. The highest BCUT2D eigenvalue weighted by atomic mass is 32.2. The molecule has 1 aliphatic heterocycles. The number of amides is 1. The second-order valence-corrected chi connectivity index (χ2v) is 8.29. The SMILES string of the molecule is C.COc1ccc([C@@H]2Sc3ccccc3N(CCN(C)C)C(=O)[C@@H]2OC(C)=O)cc1. The molecule has 1 heterocycles. The van der Waals surface area contributed by atoms with Crippen molar-refractivity contribution >= 4 is 29.3 Å². The number of esters is 1. The molecule has 0 saturated heterocycles. The van der Waals surface area contributed by atoms with Crippen LogP contribution in [0.3, 0.4) is 0 Å². The number of nitrogens with zero attached hydrogens (tertiary/aromatic N) is 2. The van der Waals surface area contributed by atoms with Gasteiger partial charge in [0.1, 0.15) is 5.75 Å². The van der Waals surface area contributed by atoms with Crippen LogP contribution in [0.5, 0.6) is 5.75 Å². The smallest absolute Gasteiger partial charge is 0.303 e. The first-order valence-corrected chi connectivity index (χ1v) is 10.3. The van der Waals surface area contributed by atoms with E-state index in [4.69, 9.17) is 9.47 Å². The molecule has 30 heavy (non-hydrogen) atoms. The summed E-state index contributed by atoms with van der Waals surface area (Å²) in [5.74, 6) is 0.0528. The van der Waals surface area contributed by atoms with Crippen LogP contribution in [-0.2, 0) is 14.3 Å². The van der Waals surface area contributed by atoms with E-state index in [2.05, 4.69) is 0 Å². The van der Waals surface area contributed by atoms with Crippen LogP contribution in [0.25, 0.3) is 0 Å². The summed E-state index contributed by atoms with van der Waals surface area (Å²) in [6, 6.07) is 15.4. The van der Waals surface area contributed by atoms with E-state index in [0.29, 0.717) is 13.1 Å². The number of methoxy groups -OCH3 is 1. The molecule has 3 rings (SSSR count). The molecule has 1 aliphatic rings. The third-order valence-corrected chi connectivity index (χ3v) is 6.07. The molecular formula is C23H30N2O4S. The van der Waals surface area contributed by atoms with Crippen molar-refractivity contribution in [2.75, 3.05) is 39.2 Å². The number of carbonyl (C=O) groups excluding carboxylic acids is 2. The van der Waals surface area contributed by atoms with Crippen LogP contribution in [0.15, 0.2) is 53.4 Å². The molecule has 2 aromatic rings. The van der Waals surface area contributed by atoms with E-state index in [-0.39, 0.29) is 18.6 Å². The van der Waals surface area contributed by atoms with Gasteiger partial charge in [-0.25, -0.2) is 0 Å². The maximum Gasteiger partial charge on any atom is 0.303 e. The van der Waals surface area contributed by atoms with Crippen molar-refractivity contribution in [3.8, 4) is 5.75 Å². The number of ether oxygens (including phenoxy) is 2. The van der Waals surface area contributed by atoms with Crippen molar-refractivity contribution in [2.24, 2.45) is 0 Å². The Labute approximate surface area is 183 Å². The normalized spacial score (nSPS) is 18.3. The van der Waals surface area contributed by atoms with Gasteiger partial charge in [-0.3, -0.25) is 9.59 Å². The summed E-state index contributed by atoms with van der Waals surface area (Å²) < 4.78 is 10.8. The summed E-state index contributed by atoms with van der Waals surface area (Å²) in [5, 5.41) is -0.359. The fourth-order valence-electron chi connectivity index (χ4n) is 3.24. The molecular weight excluding hydrogens is 400 g/mol. The Kier molecular flexibility index (Phi) is 8.32. The summed E-state index contributed by atoms with van der Waals surface area (Å²) in [6.45, 7) is 2.55. The van der Waals surface area contributed by atoms with Crippen molar-refractivity contribution < 1.29 is 19.1 Å². The fourth-order valence-corrected chi connectivity index (χ4v) is 4.56. The highest BCUT2D eigenvalue weighted by Crippen LogP contribution is 2.46. The first-order chi connectivity index (χ1) is 13.9. The minimum Gasteiger partial charge on any atom is -0.497 e. The number of anilines is 1. The van der Waals surface area contributed by atoms with E-state index in [9.17, 15) is 9.59 Å². The van der Waals surface area contributed by atoms with E-state index in [1.807, 2.05) is 67.5 Å². The van der Waals surface area contributed by atoms with Gasteiger partial charge in [-0.1, -0.05) is 31.7 Å². The summed E-state index contributed by atoms with van der Waals surface area (Å²) in [4.78, 5) is 30.2. The zero-order valence-electron chi connectivity index (χ0n) is 17.1. The molecule has 7 heteroatoms. The summed E-state index contributed by atoms with van der Waals surface area (Å²) in [5.41, 5.74) is 1.75. The Hall–Kier alpha value is -2.51. The number of carbonyl (C=O) groups is 2. The topological polar surface area (TPSA) is 59.1 Å². The van der Waals surface area contributed by atoms with Gasteiger partial charge in [0.2, 0.25) is 0 Å². The number of fused-ring (bicyclic) bond motifs is 1. The number of rotatable bonds is 6. The van der Waals surface area contributed by atoms with Crippen LogP contribution in [0.2, 0.25) is 0 Å². The predicted octanol–water partition coefficient (Wildman–Crippen LogP) is 4.00. The molecule has 0 aromatic heterocycles. The van der Waals surface area contributed by atoms with Crippen LogP contribution in [-0.4, -0.2) is 57.2 Å². The maximum atomic E-state index is 13.6. The predicted molar refractivity (Wildman–Crippen MR) is 121 cm³/mol. The number of hydrogen-bond donors (Lipinski definition) is 0. The Morgan fingerprint density at radius 1 is 1.13 bits per heavy atom. The molecule has 0 N–H and O–H groups in total. The average Bonchev–Trinajstić information content (AvgIpc) is 2.81. The van der Waals surface area contributed by atoms with E-state index < -0.39 is 12.1 Å². The molecule has 6 nitrogen and oxygen atoms in total. The number of thioether (sulfide) groups is 1. The molecule has 0 radical (unpaired) electrons. The van der Waals surface area contributed by atoms with Gasteiger partial charge in [0.25, 0.3) is 5.91 Å². The summed E-state index contributed by atoms with van der Waals surface area (Å²) in [7, 11) is 5.54. The molecule has 0 spiro atoms. The van der Waals surface area contributed by atoms with Gasteiger partial charge in [0.05, 0.1) is 18.0 Å². The Morgan fingerprint density at radius 2 is 1.80 bits per heavy atom. The summed E-state index contributed by atoms with van der Waals surface area (Å²) in [6.07, 6.45) is -0.916. The van der Waals surface area contributed by atoms with Crippen molar-refractivity contribution in [1.29, 1.82) is 0 Å². The standard InChI is InChI=1S/C22H26N2O4S.CH4/c1-15(25)28-20-21(16-9-11-17(27-4)12-10-16)29-19-8-6-5-7-18(19)24(22(20)26)14-13-23(2)3;/h5-12,20-21H,13-14H2,1-4H3;1H4/t20-,21+;/m1./s1. The Bertz CT molecular complexity index is 870. The van der Waals surface area contributed by atoms with Crippen LogP contribution < -0.4 is 9.64 Å². The highest BCUT2D eigenvalue weighted by molar-refractivity contribution is 7.99. The van der Waals surface area contributed by atoms with Crippen molar-refractivity contribution in [3.05, 3.63) is 54.1 Å². The largest absolute Gasteiger partial charge is 0.497 e. The zero-order chi connectivity index (χ0) is 21.0. The molecule has 0 unspecified atom stereocenters. The van der Waals surface area contributed by atoms with Crippen molar-refractivity contribution in [3.63, 3.8) is 0 Å². The number of hydrogen-bond acceptors (Lipinski definition) is 6. The van der Waals surface area contributed by atoms with Crippen LogP contribution >= 0.6 is 11.8 Å². The van der Waals surface area contributed by atoms with Gasteiger partial charge >= 0.3 is 5.97 Å². The molecule has 2 atom stereocenters. The van der Waals surface area contributed by atoms with Gasteiger partial charge in [-0.2, -0.15) is 0 Å². The van der Waals surface area contributed by atoms with Gasteiger partial charge in [-0.15, -0.1) is 11.8 Å². The lowest BCUT2D eigenvalue weighted by Crippen LogP contribution is -2.45. The third kappa shape index (κ3) is 5.34. The molecule has 0 fully saturated rings. The molecule has 0 aliphatic carbocycles. The van der Waals surface area contributed by atoms with E-state index in [1.54, 1.807) is 23.8 Å². The van der Waals surface area contributed by atoms with Crippen LogP contribution in [0.1, 0.15) is 25.2 Å². The third-order valence-electron chi connectivity index (χ3n) is 4.70. The van der Waals surface area contributed by atoms with E-state index in [0.717, 1.165) is 21.9 Å². The molecule has 0 saturated carbocycles. The van der Waals surface area contributed by atoms with Crippen LogP contribution in [0.4, 0.5) is 5.69 Å². The van der Waals surface area contributed by atoms with Crippen molar-refractivity contribution in [2.45, 2.75) is 30.6 Å². The summed E-state index contributed by atoms with van der Waals surface area (Å²) >= 11 is 1.54. The van der Waals surface area contributed by atoms with Gasteiger partial charge < -0.3 is 19.3 Å². The van der Waals surface area contributed by atoms with Crippen LogP contribution in [0, 0.1) is 0 Å².